The van der Waals surface area contributed by atoms with Gasteiger partial charge < -0.3 is 14.8 Å². The van der Waals surface area contributed by atoms with Crippen LogP contribution in [0.3, 0.4) is 0 Å². The lowest BCUT2D eigenvalue weighted by Crippen LogP contribution is -2.36. The Balaban J connectivity index is 2.59. The van der Waals surface area contributed by atoms with Gasteiger partial charge in [0, 0.05) is 20.8 Å². The van der Waals surface area contributed by atoms with Gasteiger partial charge in [-0.05, 0) is 23.1 Å². The van der Waals surface area contributed by atoms with Gasteiger partial charge in [-0.15, -0.1) is 11.3 Å². The second-order valence-electron chi connectivity index (χ2n) is 6.92. The van der Waals surface area contributed by atoms with Gasteiger partial charge in [0.05, 0.1) is 24.3 Å². The van der Waals surface area contributed by atoms with E-state index in [4.69, 9.17) is 9.47 Å². The zero-order valence-electron chi connectivity index (χ0n) is 17.7. The fourth-order valence-corrected chi connectivity index (χ4v) is 3.90. The molecular weight excluding hydrogens is 402 g/mol. The average molecular weight is 430 g/mol. The predicted molar refractivity (Wildman–Crippen MR) is 118 cm³/mol. The summed E-state index contributed by atoms with van der Waals surface area (Å²) >= 11 is 1.13. The zero-order valence-corrected chi connectivity index (χ0v) is 18.5. The van der Waals surface area contributed by atoms with Crippen molar-refractivity contribution in [3.05, 3.63) is 54.9 Å². The van der Waals surface area contributed by atoms with Crippen LogP contribution in [0, 0.1) is 11.3 Å². The number of aromatic nitrogens is 1. The average Bonchev–Trinajstić information content (AvgIpc) is 3.02. The van der Waals surface area contributed by atoms with Gasteiger partial charge in [0.25, 0.3) is 11.5 Å². The minimum atomic E-state index is -0.533. The fraction of sp³-hybridized carbons (Fsp3) is 0.409. The third-order valence-corrected chi connectivity index (χ3v) is 5.60. The highest BCUT2D eigenvalue weighted by atomic mass is 32.1. The first kappa shape index (κ1) is 23.5. The van der Waals surface area contributed by atoms with Crippen LogP contribution in [0.4, 0.5) is 0 Å². The van der Waals surface area contributed by atoms with Crippen molar-refractivity contribution in [1.29, 1.82) is 5.26 Å². The van der Waals surface area contributed by atoms with Crippen molar-refractivity contribution in [2.75, 3.05) is 34.0 Å². The van der Waals surface area contributed by atoms with Gasteiger partial charge in [0.15, 0.2) is 5.57 Å². The maximum Gasteiger partial charge on any atom is 0.269 e. The van der Waals surface area contributed by atoms with E-state index < -0.39 is 5.91 Å². The van der Waals surface area contributed by atoms with E-state index >= 15 is 0 Å². The lowest BCUT2D eigenvalue weighted by atomic mass is 10.0. The Kier molecular flexibility index (Phi) is 8.99. The summed E-state index contributed by atoms with van der Waals surface area (Å²) in [6.07, 6.45) is 1.78. The number of carbonyl (C=O) groups excluding carboxylic acids is 1. The van der Waals surface area contributed by atoms with Crippen molar-refractivity contribution < 1.29 is 14.3 Å². The lowest BCUT2D eigenvalue weighted by molar-refractivity contribution is -0.115. The molecule has 7 nitrogen and oxygen atoms in total. The van der Waals surface area contributed by atoms with Crippen LogP contribution in [-0.2, 0) is 20.8 Å². The van der Waals surface area contributed by atoms with Crippen molar-refractivity contribution in [2.24, 2.45) is 0 Å². The summed E-state index contributed by atoms with van der Waals surface area (Å²) in [5, 5.41) is 12.2. The van der Waals surface area contributed by atoms with E-state index in [0.717, 1.165) is 16.9 Å². The Labute approximate surface area is 179 Å². The fourth-order valence-electron chi connectivity index (χ4n) is 2.77. The third-order valence-electron chi connectivity index (χ3n) is 4.47. The van der Waals surface area contributed by atoms with Gasteiger partial charge >= 0.3 is 0 Å². The van der Waals surface area contributed by atoms with Crippen LogP contribution >= 0.6 is 11.3 Å². The molecule has 0 atom stereocenters. The number of hydrogen-bond acceptors (Lipinski definition) is 6. The molecule has 0 fully saturated rings. The Hall–Kier alpha value is -2.73. The number of methoxy groups -OCH3 is 2. The second-order valence-corrected chi connectivity index (χ2v) is 7.95. The number of nitriles is 1. The number of nitrogens with zero attached hydrogens (tertiary/aromatic N) is 2. The quantitative estimate of drug-likeness (QED) is 0.599. The van der Waals surface area contributed by atoms with Gasteiger partial charge in [0.2, 0.25) is 0 Å². The maximum atomic E-state index is 13.0. The molecule has 8 heteroatoms. The molecule has 0 bridgehead atoms. The Bertz CT molecular complexity index is 1080. The van der Waals surface area contributed by atoms with Crippen LogP contribution < -0.4 is 20.1 Å². The monoisotopic (exact) mass is 429 g/mol. The molecule has 2 rings (SSSR count). The van der Waals surface area contributed by atoms with Crippen molar-refractivity contribution in [1.82, 2.24) is 9.88 Å². The van der Waals surface area contributed by atoms with E-state index in [1.54, 1.807) is 6.08 Å². The minimum absolute atomic E-state index is 0.0980. The summed E-state index contributed by atoms with van der Waals surface area (Å²) in [5.74, 6) is -0.113. The van der Waals surface area contributed by atoms with Crippen LogP contribution in [-0.4, -0.2) is 44.5 Å². The highest BCUT2D eigenvalue weighted by Gasteiger charge is 2.15. The number of benzene rings is 1. The van der Waals surface area contributed by atoms with E-state index in [1.807, 2.05) is 30.3 Å². The molecule has 1 aromatic heterocycles. The molecule has 0 radical (unpaired) electrons. The van der Waals surface area contributed by atoms with E-state index in [9.17, 15) is 14.9 Å². The van der Waals surface area contributed by atoms with Crippen molar-refractivity contribution in [2.45, 2.75) is 26.3 Å². The van der Waals surface area contributed by atoms with Crippen LogP contribution in [0.5, 0.6) is 0 Å². The zero-order chi connectivity index (χ0) is 22.1. The van der Waals surface area contributed by atoms with E-state index in [1.165, 1.54) is 24.4 Å². The number of amides is 1. The second kappa shape index (κ2) is 11.5. The van der Waals surface area contributed by atoms with Crippen LogP contribution in [0.25, 0.3) is 11.6 Å². The topological polar surface area (TPSA) is 93.4 Å². The number of ether oxygens (including phenoxy) is 2. The number of carbonyl (C=O) groups is 1. The molecule has 2 aromatic rings. The van der Waals surface area contributed by atoms with E-state index in [-0.39, 0.29) is 30.8 Å². The van der Waals surface area contributed by atoms with Crippen LogP contribution in [0.2, 0.25) is 0 Å². The maximum absolute atomic E-state index is 13.0. The largest absolute Gasteiger partial charge is 0.383 e. The molecule has 0 aliphatic heterocycles. The number of thiazole rings is 1. The smallest absolute Gasteiger partial charge is 0.269 e. The van der Waals surface area contributed by atoms with Gasteiger partial charge in [-0.1, -0.05) is 38.1 Å². The summed E-state index contributed by atoms with van der Waals surface area (Å²) < 4.78 is 12.2. The molecule has 0 saturated carbocycles. The predicted octanol–water partition coefficient (Wildman–Crippen LogP) is 0.945. The molecule has 0 spiro atoms. The molecule has 0 aliphatic carbocycles. The first-order chi connectivity index (χ1) is 14.4. The summed E-state index contributed by atoms with van der Waals surface area (Å²) in [4.78, 5) is 25.5. The molecule has 160 valence electrons. The summed E-state index contributed by atoms with van der Waals surface area (Å²) in [6.45, 7) is 5.38. The SMILES string of the molecule is COCCNC(=O)/C(C#N)=c1\s/c(=C\c2ccc(C(C)C)cc2)c(=O)n1CCOC. The van der Waals surface area contributed by atoms with Crippen molar-refractivity contribution in [3.63, 3.8) is 0 Å². The number of rotatable bonds is 9. The molecular formula is C22H27N3O4S. The molecule has 1 heterocycles. The molecule has 1 N–H and O–H groups in total. The standard InChI is InChI=1S/C22H27N3O4S/c1-15(2)17-7-5-16(6-8-17)13-19-21(27)25(10-12-29-4)22(30-19)18(14-23)20(26)24-9-11-28-3/h5-8,13,15H,9-12H2,1-4H3,(H,24,26)/b19-13-,22-18-. The Morgan fingerprint density at radius 1 is 1.23 bits per heavy atom. The van der Waals surface area contributed by atoms with Crippen LogP contribution in [0.15, 0.2) is 29.1 Å². The molecule has 1 amide bonds. The van der Waals surface area contributed by atoms with Gasteiger partial charge in [-0.25, -0.2) is 0 Å². The van der Waals surface area contributed by atoms with E-state index in [0.29, 0.717) is 21.7 Å². The van der Waals surface area contributed by atoms with Gasteiger partial charge in [0.1, 0.15) is 10.7 Å². The first-order valence-corrected chi connectivity index (χ1v) is 10.5. The Morgan fingerprint density at radius 2 is 1.90 bits per heavy atom. The van der Waals surface area contributed by atoms with Crippen molar-refractivity contribution >= 4 is 28.9 Å². The number of nitrogens with one attached hydrogen (secondary N) is 1. The van der Waals surface area contributed by atoms with E-state index in [2.05, 4.69) is 19.2 Å². The normalized spacial score (nSPS) is 12.7. The molecule has 0 unspecified atom stereocenters. The molecule has 0 aliphatic rings. The molecule has 1 aromatic carbocycles. The van der Waals surface area contributed by atoms with Crippen molar-refractivity contribution in [3.8, 4) is 6.07 Å². The lowest BCUT2D eigenvalue weighted by Gasteiger charge is -2.04. The van der Waals surface area contributed by atoms with Crippen LogP contribution in [0.1, 0.15) is 30.9 Å². The molecule has 30 heavy (non-hydrogen) atoms. The Morgan fingerprint density at radius 3 is 2.47 bits per heavy atom. The summed E-state index contributed by atoms with van der Waals surface area (Å²) in [7, 11) is 3.06. The minimum Gasteiger partial charge on any atom is -0.383 e. The summed E-state index contributed by atoms with van der Waals surface area (Å²) in [5.41, 5.74) is 1.74. The molecule has 0 saturated heterocycles. The highest BCUT2D eigenvalue weighted by Crippen LogP contribution is 2.14. The third kappa shape index (κ3) is 5.89. The number of hydrogen-bond donors (Lipinski definition) is 1. The highest BCUT2D eigenvalue weighted by molar-refractivity contribution is 7.07. The van der Waals surface area contributed by atoms with Gasteiger partial charge in [-0.2, -0.15) is 5.26 Å². The van der Waals surface area contributed by atoms with Gasteiger partial charge in [-0.3, -0.25) is 14.2 Å². The summed E-state index contributed by atoms with van der Waals surface area (Å²) in [6, 6.07) is 9.93. The first-order valence-electron chi connectivity index (χ1n) is 9.64.